The maximum atomic E-state index is 5.76. The van der Waals surface area contributed by atoms with E-state index in [1.807, 2.05) is 0 Å². The van der Waals surface area contributed by atoms with Gasteiger partial charge in [-0.15, -0.1) is 0 Å². The van der Waals surface area contributed by atoms with Gasteiger partial charge < -0.3 is 9.47 Å². The summed E-state index contributed by atoms with van der Waals surface area (Å²) in [7, 11) is 0. The van der Waals surface area contributed by atoms with Crippen molar-refractivity contribution in [2.24, 2.45) is 0 Å². The van der Waals surface area contributed by atoms with E-state index in [4.69, 9.17) is 9.47 Å². The van der Waals surface area contributed by atoms with Gasteiger partial charge in [-0.3, -0.25) is 0 Å². The first-order valence-electron chi connectivity index (χ1n) is 6.61. The third kappa shape index (κ3) is 2.08. The molecule has 0 aromatic heterocycles. The zero-order valence-corrected chi connectivity index (χ0v) is 12.5. The molecule has 1 saturated heterocycles. The highest BCUT2D eigenvalue weighted by Crippen LogP contribution is 2.42. The first-order valence-corrected chi connectivity index (χ1v) is 7.52. The molecule has 3 rings (SSSR count). The van der Waals surface area contributed by atoms with Crippen LogP contribution in [0.15, 0.2) is 18.2 Å². The van der Waals surface area contributed by atoms with E-state index in [9.17, 15) is 0 Å². The monoisotopic (exact) mass is 310 g/mol. The molecule has 0 amide bonds. The normalized spacial score (nSPS) is 26.7. The molecule has 0 N–H and O–H groups in total. The number of benzene rings is 1. The summed E-state index contributed by atoms with van der Waals surface area (Å²) in [6.45, 7) is 6.14. The van der Waals surface area contributed by atoms with Crippen LogP contribution in [0.3, 0.4) is 0 Å². The summed E-state index contributed by atoms with van der Waals surface area (Å²) in [5.41, 5.74) is 2.75. The number of hydrogen-bond donors (Lipinski definition) is 0. The van der Waals surface area contributed by atoms with E-state index in [0.29, 0.717) is 10.9 Å². The standard InChI is InChI=1S/C15H19BrO2/c1-15(2)9-18-12-6-5-10(8-11(12)15)14(16)13-4-3-7-17-13/h5-6,8,13-14H,3-4,7,9H2,1-2H3. The maximum Gasteiger partial charge on any atom is 0.123 e. The quantitative estimate of drug-likeness (QED) is 0.769. The van der Waals surface area contributed by atoms with Gasteiger partial charge in [-0.25, -0.2) is 0 Å². The van der Waals surface area contributed by atoms with E-state index in [1.165, 1.54) is 17.5 Å². The highest BCUT2D eigenvalue weighted by molar-refractivity contribution is 9.09. The van der Waals surface area contributed by atoms with Gasteiger partial charge in [0.15, 0.2) is 0 Å². The van der Waals surface area contributed by atoms with Gasteiger partial charge in [0, 0.05) is 17.6 Å². The van der Waals surface area contributed by atoms with Gasteiger partial charge in [0.2, 0.25) is 0 Å². The Morgan fingerprint density at radius 3 is 2.94 bits per heavy atom. The minimum atomic E-state index is 0.120. The van der Waals surface area contributed by atoms with E-state index in [2.05, 4.69) is 48.0 Å². The topological polar surface area (TPSA) is 18.5 Å². The van der Waals surface area contributed by atoms with Gasteiger partial charge in [0.05, 0.1) is 17.5 Å². The van der Waals surface area contributed by atoms with Crippen LogP contribution < -0.4 is 4.74 Å². The second kappa shape index (κ2) is 4.53. The summed E-state index contributed by atoms with van der Waals surface area (Å²) in [4.78, 5) is 0.293. The molecule has 2 aliphatic rings. The molecule has 3 heteroatoms. The fraction of sp³-hybridized carbons (Fsp3) is 0.600. The second-order valence-corrected chi connectivity index (χ2v) is 6.87. The zero-order chi connectivity index (χ0) is 12.8. The van der Waals surface area contributed by atoms with Crippen molar-refractivity contribution in [2.45, 2.75) is 43.0 Å². The Balaban J connectivity index is 1.90. The first kappa shape index (κ1) is 12.5. The molecule has 2 nitrogen and oxygen atoms in total. The zero-order valence-electron chi connectivity index (χ0n) is 10.9. The van der Waals surface area contributed by atoms with Gasteiger partial charge in [0.1, 0.15) is 5.75 Å². The molecular weight excluding hydrogens is 292 g/mol. The average molecular weight is 311 g/mol. The Kier molecular flexibility index (Phi) is 3.15. The van der Waals surface area contributed by atoms with Crippen molar-refractivity contribution < 1.29 is 9.47 Å². The number of rotatable bonds is 2. The summed E-state index contributed by atoms with van der Waals surface area (Å²) in [6.07, 6.45) is 2.63. The summed E-state index contributed by atoms with van der Waals surface area (Å²) in [5, 5.41) is 0. The summed E-state index contributed by atoms with van der Waals surface area (Å²) < 4.78 is 11.5. The molecular formula is C15H19BrO2. The van der Waals surface area contributed by atoms with Crippen molar-refractivity contribution in [1.82, 2.24) is 0 Å². The van der Waals surface area contributed by atoms with Crippen molar-refractivity contribution in [1.29, 1.82) is 0 Å². The molecule has 0 spiro atoms. The van der Waals surface area contributed by atoms with Crippen molar-refractivity contribution >= 4 is 15.9 Å². The Hall–Kier alpha value is -0.540. The van der Waals surface area contributed by atoms with Gasteiger partial charge in [-0.05, 0) is 24.5 Å². The summed E-state index contributed by atoms with van der Waals surface area (Å²) >= 11 is 3.79. The van der Waals surface area contributed by atoms with E-state index >= 15 is 0 Å². The fourth-order valence-electron chi connectivity index (χ4n) is 2.76. The Labute approximate surface area is 117 Å². The van der Waals surface area contributed by atoms with Crippen LogP contribution in [0, 0.1) is 0 Å². The predicted octanol–water partition coefficient (Wildman–Crippen LogP) is 3.97. The molecule has 98 valence electrons. The molecule has 18 heavy (non-hydrogen) atoms. The number of fused-ring (bicyclic) bond motifs is 1. The molecule has 1 aromatic carbocycles. The van der Waals surface area contributed by atoms with Gasteiger partial charge in [-0.1, -0.05) is 41.9 Å². The van der Waals surface area contributed by atoms with Crippen LogP contribution >= 0.6 is 15.9 Å². The number of alkyl halides is 1. The minimum absolute atomic E-state index is 0.120. The lowest BCUT2D eigenvalue weighted by atomic mass is 9.85. The lowest BCUT2D eigenvalue weighted by Crippen LogP contribution is -2.19. The highest BCUT2D eigenvalue weighted by atomic mass is 79.9. The van der Waals surface area contributed by atoms with Crippen LogP contribution in [0.5, 0.6) is 5.75 Å². The maximum absolute atomic E-state index is 5.76. The van der Waals surface area contributed by atoms with Crippen LogP contribution in [0.25, 0.3) is 0 Å². The first-order chi connectivity index (χ1) is 8.58. The molecule has 2 heterocycles. The van der Waals surface area contributed by atoms with Crippen molar-refractivity contribution in [3.63, 3.8) is 0 Å². The van der Waals surface area contributed by atoms with Crippen LogP contribution in [-0.2, 0) is 10.2 Å². The largest absolute Gasteiger partial charge is 0.492 e. The molecule has 1 fully saturated rings. The molecule has 0 radical (unpaired) electrons. The predicted molar refractivity (Wildman–Crippen MR) is 75.6 cm³/mol. The van der Waals surface area contributed by atoms with Crippen molar-refractivity contribution in [2.75, 3.05) is 13.2 Å². The van der Waals surface area contributed by atoms with Gasteiger partial charge in [0.25, 0.3) is 0 Å². The number of ether oxygens (including phenoxy) is 2. The molecule has 0 aliphatic carbocycles. The Bertz CT molecular complexity index is 450. The third-order valence-electron chi connectivity index (χ3n) is 3.93. The lowest BCUT2D eigenvalue weighted by Gasteiger charge is -2.20. The molecule has 2 atom stereocenters. The molecule has 0 bridgehead atoms. The van der Waals surface area contributed by atoms with Crippen LogP contribution in [0.4, 0.5) is 0 Å². The van der Waals surface area contributed by atoms with E-state index < -0.39 is 0 Å². The molecule has 0 saturated carbocycles. The smallest absolute Gasteiger partial charge is 0.123 e. The average Bonchev–Trinajstić information content (AvgIpc) is 2.97. The van der Waals surface area contributed by atoms with Gasteiger partial charge in [-0.2, -0.15) is 0 Å². The van der Waals surface area contributed by atoms with E-state index in [1.54, 1.807) is 0 Å². The number of hydrogen-bond acceptors (Lipinski definition) is 2. The molecule has 2 aliphatic heterocycles. The summed E-state index contributed by atoms with van der Waals surface area (Å²) in [6, 6.07) is 6.54. The molecule has 2 unspecified atom stereocenters. The van der Waals surface area contributed by atoms with E-state index in [-0.39, 0.29) is 5.41 Å². The van der Waals surface area contributed by atoms with Crippen molar-refractivity contribution in [3.05, 3.63) is 29.3 Å². The number of halogens is 1. The highest BCUT2D eigenvalue weighted by Gasteiger charge is 2.33. The van der Waals surface area contributed by atoms with Crippen LogP contribution in [-0.4, -0.2) is 19.3 Å². The van der Waals surface area contributed by atoms with Crippen LogP contribution in [0.1, 0.15) is 42.6 Å². The lowest BCUT2D eigenvalue weighted by molar-refractivity contribution is 0.110. The van der Waals surface area contributed by atoms with E-state index in [0.717, 1.165) is 25.4 Å². The summed E-state index contributed by atoms with van der Waals surface area (Å²) in [5.74, 6) is 1.04. The fourth-order valence-corrected chi connectivity index (χ4v) is 3.46. The minimum Gasteiger partial charge on any atom is -0.492 e. The van der Waals surface area contributed by atoms with Gasteiger partial charge >= 0.3 is 0 Å². The Morgan fingerprint density at radius 1 is 1.39 bits per heavy atom. The SMILES string of the molecule is CC1(C)COc2ccc(C(Br)C3CCCO3)cc21. The van der Waals surface area contributed by atoms with Crippen molar-refractivity contribution in [3.8, 4) is 5.75 Å². The Morgan fingerprint density at radius 2 is 2.22 bits per heavy atom. The third-order valence-corrected chi connectivity index (χ3v) is 5.05. The van der Waals surface area contributed by atoms with Crippen LogP contribution in [0.2, 0.25) is 0 Å². The second-order valence-electron chi connectivity index (χ2n) is 5.88. The molecule has 1 aromatic rings.